The number of aromatic amines is 1. The van der Waals surface area contributed by atoms with Gasteiger partial charge in [-0.25, -0.2) is 0 Å². The van der Waals surface area contributed by atoms with Gasteiger partial charge in [0.15, 0.2) is 5.82 Å². The Morgan fingerprint density at radius 2 is 1.91 bits per heavy atom. The highest BCUT2D eigenvalue weighted by atomic mass is 35.5. The molecule has 23 heavy (non-hydrogen) atoms. The fourth-order valence-corrected chi connectivity index (χ4v) is 2.47. The van der Waals surface area contributed by atoms with Gasteiger partial charge in [0, 0.05) is 22.8 Å². The van der Waals surface area contributed by atoms with Gasteiger partial charge in [0.25, 0.3) is 0 Å². The standard InChI is InChI=1S/C17H18ClN5/c1-23(2)11-12-6-8-13(9-7-12)16-20-17(22-21-16)19-15-5-3-4-14(18)10-15/h3-10H,11H2,1-2H3,(H2,19,20,21,22). The quantitative estimate of drug-likeness (QED) is 0.745. The summed E-state index contributed by atoms with van der Waals surface area (Å²) in [6, 6.07) is 15.7. The third-order valence-corrected chi connectivity index (χ3v) is 3.53. The lowest BCUT2D eigenvalue weighted by atomic mass is 10.1. The second-order valence-electron chi connectivity index (χ2n) is 5.58. The summed E-state index contributed by atoms with van der Waals surface area (Å²) in [5.41, 5.74) is 3.11. The van der Waals surface area contributed by atoms with Crippen LogP contribution in [0.3, 0.4) is 0 Å². The summed E-state index contributed by atoms with van der Waals surface area (Å²) in [4.78, 5) is 6.60. The number of nitrogens with one attached hydrogen (secondary N) is 2. The average molecular weight is 328 g/mol. The summed E-state index contributed by atoms with van der Waals surface area (Å²) in [6.07, 6.45) is 0. The summed E-state index contributed by atoms with van der Waals surface area (Å²) in [5, 5.41) is 10.9. The lowest BCUT2D eigenvalue weighted by molar-refractivity contribution is 0.402. The molecule has 3 rings (SSSR count). The van der Waals surface area contributed by atoms with Crippen LogP contribution in [0.15, 0.2) is 48.5 Å². The lowest BCUT2D eigenvalue weighted by Crippen LogP contribution is -2.10. The van der Waals surface area contributed by atoms with Crippen LogP contribution in [0.2, 0.25) is 5.02 Å². The maximum absolute atomic E-state index is 5.97. The number of H-pyrrole nitrogens is 1. The summed E-state index contributed by atoms with van der Waals surface area (Å²) in [5.74, 6) is 1.24. The molecule has 2 aromatic carbocycles. The van der Waals surface area contributed by atoms with Gasteiger partial charge in [-0.05, 0) is 37.9 Å². The Bertz CT molecular complexity index is 780. The van der Waals surface area contributed by atoms with Crippen LogP contribution in [-0.2, 0) is 6.54 Å². The monoisotopic (exact) mass is 327 g/mol. The number of nitrogens with zero attached hydrogens (tertiary/aromatic N) is 3. The molecule has 0 fully saturated rings. The Balaban J connectivity index is 1.73. The first-order chi connectivity index (χ1) is 11.1. The highest BCUT2D eigenvalue weighted by Gasteiger charge is 2.06. The molecule has 0 radical (unpaired) electrons. The van der Waals surface area contributed by atoms with Crippen LogP contribution in [0.5, 0.6) is 0 Å². The van der Waals surface area contributed by atoms with E-state index in [1.54, 1.807) is 0 Å². The minimum absolute atomic E-state index is 0.514. The number of hydrogen-bond acceptors (Lipinski definition) is 4. The second-order valence-corrected chi connectivity index (χ2v) is 6.01. The van der Waals surface area contributed by atoms with Crippen LogP contribution >= 0.6 is 11.6 Å². The van der Waals surface area contributed by atoms with Gasteiger partial charge in [-0.15, -0.1) is 5.10 Å². The maximum Gasteiger partial charge on any atom is 0.246 e. The van der Waals surface area contributed by atoms with E-state index in [9.17, 15) is 0 Å². The van der Waals surface area contributed by atoms with E-state index in [-0.39, 0.29) is 0 Å². The Morgan fingerprint density at radius 3 is 2.61 bits per heavy atom. The van der Waals surface area contributed by atoms with Crippen molar-refractivity contribution in [2.24, 2.45) is 0 Å². The van der Waals surface area contributed by atoms with Crippen molar-refractivity contribution in [1.29, 1.82) is 0 Å². The molecule has 3 aromatic rings. The van der Waals surface area contributed by atoms with Crippen molar-refractivity contribution in [3.05, 3.63) is 59.1 Å². The second kappa shape index (κ2) is 6.81. The van der Waals surface area contributed by atoms with Gasteiger partial charge >= 0.3 is 0 Å². The molecule has 1 heterocycles. The van der Waals surface area contributed by atoms with E-state index in [1.165, 1.54) is 5.56 Å². The van der Waals surface area contributed by atoms with Gasteiger partial charge < -0.3 is 10.2 Å². The van der Waals surface area contributed by atoms with E-state index in [0.717, 1.165) is 23.6 Å². The Kier molecular flexibility index (Phi) is 4.60. The number of hydrogen-bond donors (Lipinski definition) is 2. The SMILES string of the molecule is CN(C)Cc1ccc(-c2nc(Nc3cccc(Cl)c3)n[nH]2)cc1. The van der Waals surface area contributed by atoms with E-state index >= 15 is 0 Å². The molecule has 0 saturated carbocycles. The van der Waals surface area contributed by atoms with Crippen LogP contribution in [0.25, 0.3) is 11.4 Å². The first-order valence-electron chi connectivity index (χ1n) is 7.29. The Morgan fingerprint density at radius 1 is 1.13 bits per heavy atom. The van der Waals surface area contributed by atoms with Gasteiger partial charge in [0.05, 0.1) is 0 Å². The van der Waals surface area contributed by atoms with E-state index in [2.05, 4.69) is 51.6 Å². The molecule has 0 spiro atoms. The highest BCUT2D eigenvalue weighted by molar-refractivity contribution is 6.30. The number of rotatable bonds is 5. The molecule has 5 nitrogen and oxygen atoms in total. The van der Waals surface area contributed by atoms with Crippen molar-refractivity contribution in [2.75, 3.05) is 19.4 Å². The van der Waals surface area contributed by atoms with Crippen molar-refractivity contribution < 1.29 is 0 Å². The largest absolute Gasteiger partial charge is 0.323 e. The molecule has 6 heteroatoms. The molecular formula is C17H18ClN5. The number of halogens is 1. The van der Waals surface area contributed by atoms with Crippen LogP contribution in [0, 0.1) is 0 Å². The van der Waals surface area contributed by atoms with Crippen molar-refractivity contribution in [3.63, 3.8) is 0 Å². The van der Waals surface area contributed by atoms with E-state index < -0.39 is 0 Å². The molecule has 118 valence electrons. The number of benzene rings is 2. The number of anilines is 2. The zero-order valence-electron chi connectivity index (χ0n) is 13.0. The van der Waals surface area contributed by atoms with Gasteiger partial charge in [-0.3, -0.25) is 5.10 Å². The summed E-state index contributed by atoms with van der Waals surface area (Å²) in [7, 11) is 4.11. The molecule has 0 aliphatic rings. The van der Waals surface area contributed by atoms with Gasteiger partial charge in [-0.1, -0.05) is 41.9 Å². The van der Waals surface area contributed by atoms with E-state index in [4.69, 9.17) is 11.6 Å². The predicted octanol–water partition coefficient (Wildman–Crippen LogP) is 3.93. The first kappa shape index (κ1) is 15.5. The normalized spacial score (nSPS) is 11.0. The zero-order chi connectivity index (χ0) is 16.2. The maximum atomic E-state index is 5.97. The third kappa shape index (κ3) is 4.09. The molecule has 0 aliphatic carbocycles. The fraction of sp³-hybridized carbons (Fsp3) is 0.176. The Hall–Kier alpha value is -2.37. The van der Waals surface area contributed by atoms with Crippen LogP contribution < -0.4 is 5.32 Å². The summed E-state index contributed by atoms with van der Waals surface area (Å²) >= 11 is 5.97. The minimum atomic E-state index is 0.514. The van der Waals surface area contributed by atoms with Crippen molar-refractivity contribution in [3.8, 4) is 11.4 Å². The molecule has 2 N–H and O–H groups in total. The molecule has 1 aromatic heterocycles. The molecule has 0 aliphatic heterocycles. The predicted molar refractivity (Wildman–Crippen MR) is 93.9 cm³/mol. The third-order valence-electron chi connectivity index (χ3n) is 3.29. The minimum Gasteiger partial charge on any atom is -0.323 e. The average Bonchev–Trinajstić information content (AvgIpc) is 2.96. The smallest absolute Gasteiger partial charge is 0.246 e. The number of aromatic nitrogens is 3. The van der Waals surface area contributed by atoms with Crippen LogP contribution in [0.4, 0.5) is 11.6 Å². The summed E-state index contributed by atoms with van der Waals surface area (Å²) < 4.78 is 0. The lowest BCUT2D eigenvalue weighted by Gasteiger charge is -2.09. The molecule has 0 unspecified atom stereocenters. The summed E-state index contributed by atoms with van der Waals surface area (Å²) in [6.45, 7) is 0.915. The molecule has 0 bridgehead atoms. The molecule has 0 atom stereocenters. The molecule has 0 amide bonds. The van der Waals surface area contributed by atoms with E-state index in [1.807, 2.05) is 36.4 Å². The van der Waals surface area contributed by atoms with Crippen molar-refractivity contribution >= 4 is 23.2 Å². The topological polar surface area (TPSA) is 56.8 Å². The first-order valence-corrected chi connectivity index (χ1v) is 7.67. The zero-order valence-corrected chi connectivity index (χ0v) is 13.8. The van der Waals surface area contributed by atoms with Crippen LogP contribution in [-0.4, -0.2) is 34.2 Å². The van der Waals surface area contributed by atoms with Gasteiger partial charge in [0.2, 0.25) is 5.95 Å². The Labute approximate surface area is 140 Å². The van der Waals surface area contributed by atoms with Crippen molar-refractivity contribution in [1.82, 2.24) is 20.1 Å². The molecule has 0 saturated heterocycles. The van der Waals surface area contributed by atoms with Gasteiger partial charge in [0.1, 0.15) is 0 Å². The fourth-order valence-electron chi connectivity index (χ4n) is 2.28. The van der Waals surface area contributed by atoms with Crippen LogP contribution in [0.1, 0.15) is 5.56 Å². The van der Waals surface area contributed by atoms with E-state index in [0.29, 0.717) is 11.0 Å². The highest BCUT2D eigenvalue weighted by Crippen LogP contribution is 2.21. The van der Waals surface area contributed by atoms with Gasteiger partial charge in [-0.2, -0.15) is 4.98 Å². The van der Waals surface area contributed by atoms with Crippen molar-refractivity contribution in [2.45, 2.75) is 6.54 Å². The molecular weight excluding hydrogens is 310 g/mol.